The molecule has 112 valence electrons. The monoisotopic (exact) mass is 292 g/mol. The lowest BCUT2D eigenvalue weighted by Gasteiger charge is -2.17. The van der Waals surface area contributed by atoms with Crippen LogP contribution in [0.2, 0.25) is 0 Å². The third kappa shape index (κ3) is 3.49. The molecule has 7 heteroatoms. The first kappa shape index (κ1) is 15.2. The van der Waals surface area contributed by atoms with Crippen molar-refractivity contribution in [2.75, 3.05) is 13.2 Å². The summed E-state index contributed by atoms with van der Waals surface area (Å²) in [6, 6.07) is 4.81. The number of aliphatic hydroxyl groups is 2. The quantitative estimate of drug-likeness (QED) is 0.879. The Morgan fingerprint density at radius 3 is 2.70 bits per heavy atom. The first-order valence-corrected chi connectivity index (χ1v) is 6.10. The zero-order chi connectivity index (χ0) is 14.8. The van der Waals surface area contributed by atoms with Gasteiger partial charge in [0.15, 0.2) is 0 Å². The molecule has 0 unspecified atom stereocenters. The van der Waals surface area contributed by atoms with E-state index in [1.54, 1.807) is 0 Å². The van der Waals surface area contributed by atoms with Crippen molar-refractivity contribution >= 4 is 0 Å². The lowest BCUT2D eigenvalue weighted by Crippen LogP contribution is -2.33. The fourth-order valence-electron chi connectivity index (χ4n) is 2.00. The molecular weight excluding hydrogens is 277 g/mol. The molecule has 0 aromatic heterocycles. The topological polar surface area (TPSA) is 58.9 Å². The lowest BCUT2D eigenvalue weighted by molar-refractivity contribution is -0.137. The highest BCUT2D eigenvalue weighted by molar-refractivity contribution is 5.25. The summed E-state index contributed by atoms with van der Waals surface area (Å²) in [6.45, 7) is -0.289. The Morgan fingerprint density at radius 2 is 2.10 bits per heavy atom. The van der Waals surface area contributed by atoms with Gasteiger partial charge in [0, 0.05) is 0 Å². The van der Waals surface area contributed by atoms with Crippen molar-refractivity contribution in [1.82, 2.24) is 0 Å². The SMILES string of the molecule is OC[C@H]1OC[C@H](OCc2cccc(C(F)(F)F)c2)[C@@H]1O. The van der Waals surface area contributed by atoms with Crippen LogP contribution in [0.15, 0.2) is 24.3 Å². The van der Waals surface area contributed by atoms with E-state index in [9.17, 15) is 18.3 Å². The summed E-state index contributed by atoms with van der Waals surface area (Å²) >= 11 is 0. The molecule has 0 aliphatic carbocycles. The van der Waals surface area contributed by atoms with E-state index in [0.717, 1.165) is 12.1 Å². The van der Waals surface area contributed by atoms with E-state index in [1.807, 2.05) is 0 Å². The van der Waals surface area contributed by atoms with E-state index >= 15 is 0 Å². The summed E-state index contributed by atoms with van der Waals surface area (Å²) in [5.41, 5.74) is -0.380. The molecule has 1 fully saturated rings. The molecule has 1 aromatic rings. The van der Waals surface area contributed by atoms with E-state index < -0.39 is 30.1 Å². The summed E-state index contributed by atoms with van der Waals surface area (Å²) in [7, 11) is 0. The molecule has 1 saturated heterocycles. The van der Waals surface area contributed by atoms with Crippen LogP contribution in [0.25, 0.3) is 0 Å². The largest absolute Gasteiger partial charge is 0.416 e. The number of aliphatic hydroxyl groups excluding tert-OH is 2. The van der Waals surface area contributed by atoms with E-state index in [4.69, 9.17) is 14.6 Å². The van der Waals surface area contributed by atoms with Gasteiger partial charge in [0.05, 0.1) is 25.4 Å². The lowest BCUT2D eigenvalue weighted by atomic mass is 10.1. The molecule has 1 heterocycles. The molecule has 0 spiro atoms. The minimum atomic E-state index is -4.39. The van der Waals surface area contributed by atoms with Crippen molar-refractivity contribution in [3.8, 4) is 0 Å². The third-order valence-electron chi connectivity index (χ3n) is 3.13. The molecular formula is C13H15F3O4. The van der Waals surface area contributed by atoms with Gasteiger partial charge in [0.1, 0.15) is 18.3 Å². The maximum Gasteiger partial charge on any atom is 0.416 e. The molecule has 1 aromatic carbocycles. The third-order valence-corrected chi connectivity index (χ3v) is 3.13. The van der Waals surface area contributed by atoms with Crippen LogP contribution >= 0.6 is 0 Å². The minimum absolute atomic E-state index is 0.0623. The molecule has 20 heavy (non-hydrogen) atoms. The van der Waals surface area contributed by atoms with Gasteiger partial charge in [-0.3, -0.25) is 0 Å². The summed E-state index contributed by atoms with van der Waals surface area (Å²) < 4.78 is 48.1. The van der Waals surface area contributed by atoms with Crippen LogP contribution in [0, 0.1) is 0 Å². The summed E-state index contributed by atoms with van der Waals surface area (Å²) in [5.74, 6) is 0. The fourth-order valence-corrected chi connectivity index (χ4v) is 2.00. The maximum absolute atomic E-state index is 12.5. The number of alkyl halides is 3. The second kappa shape index (κ2) is 6.09. The average Bonchev–Trinajstić information content (AvgIpc) is 2.76. The van der Waals surface area contributed by atoms with Crippen molar-refractivity contribution in [1.29, 1.82) is 0 Å². The number of hydrogen-bond donors (Lipinski definition) is 2. The Hall–Kier alpha value is -1.15. The molecule has 0 amide bonds. The van der Waals surface area contributed by atoms with E-state index in [0.29, 0.717) is 5.56 Å². The van der Waals surface area contributed by atoms with Crippen molar-refractivity contribution in [3.63, 3.8) is 0 Å². The Kier molecular flexibility index (Phi) is 4.64. The summed E-state index contributed by atoms with van der Waals surface area (Å²) in [6.07, 6.45) is -6.73. The second-order valence-electron chi connectivity index (χ2n) is 4.59. The van der Waals surface area contributed by atoms with Gasteiger partial charge in [-0.05, 0) is 17.7 Å². The normalized spacial score (nSPS) is 26.9. The molecule has 3 atom stereocenters. The predicted octanol–water partition coefficient (Wildman–Crippen LogP) is 1.34. The number of halogens is 3. The predicted molar refractivity (Wildman–Crippen MR) is 62.9 cm³/mol. The first-order valence-electron chi connectivity index (χ1n) is 6.10. The molecule has 2 N–H and O–H groups in total. The van der Waals surface area contributed by atoms with Crippen LogP contribution in [-0.2, 0) is 22.3 Å². The fraction of sp³-hybridized carbons (Fsp3) is 0.538. The van der Waals surface area contributed by atoms with Crippen LogP contribution in [0.1, 0.15) is 11.1 Å². The molecule has 0 radical (unpaired) electrons. The van der Waals surface area contributed by atoms with Crippen molar-refractivity contribution in [2.45, 2.75) is 31.1 Å². The standard InChI is InChI=1S/C13H15F3O4/c14-13(15,16)9-3-1-2-8(4-9)6-19-11-7-20-10(5-17)12(11)18/h1-4,10-12,17-18H,5-7H2/t10-,11+,12-/m1/s1. The Bertz CT molecular complexity index is 449. The average molecular weight is 292 g/mol. The number of rotatable bonds is 4. The molecule has 1 aliphatic heterocycles. The Balaban J connectivity index is 1.95. The highest BCUT2D eigenvalue weighted by Crippen LogP contribution is 2.29. The highest BCUT2D eigenvalue weighted by Gasteiger charge is 2.36. The Morgan fingerprint density at radius 1 is 1.35 bits per heavy atom. The summed E-state index contributed by atoms with van der Waals surface area (Å²) in [5, 5.41) is 18.6. The molecule has 0 bridgehead atoms. The molecule has 4 nitrogen and oxygen atoms in total. The summed E-state index contributed by atoms with van der Waals surface area (Å²) in [4.78, 5) is 0. The van der Waals surface area contributed by atoms with Gasteiger partial charge in [0.25, 0.3) is 0 Å². The Labute approximate surface area is 113 Å². The van der Waals surface area contributed by atoms with Crippen molar-refractivity contribution in [3.05, 3.63) is 35.4 Å². The minimum Gasteiger partial charge on any atom is -0.394 e. The smallest absolute Gasteiger partial charge is 0.394 e. The maximum atomic E-state index is 12.5. The van der Waals surface area contributed by atoms with Gasteiger partial charge in [-0.1, -0.05) is 12.1 Å². The van der Waals surface area contributed by atoms with Crippen LogP contribution in [0.3, 0.4) is 0 Å². The highest BCUT2D eigenvalue weighted by atomic mass is 19.4. The number of benzene rings is 1. The van der Waals surface area contributed by atoms with Gasteiger partial charge in [-0.15, -0.1) is 0 Å². The van der Waals surface area contributed by atoms with Gasteiger partial charge < -0.3 is 19.7 Å². The van der Waals surface area contributed by atoms with E-state index in [1.165, 1.54) is 12.1 Å². The van der Waals surface area contributed by atoms with Crippen molar-refractivity contribution in [2.24, 2.45) is 0 Å². The van der Waals surface area contributed by atoms with E-state index in [-0.39, 0.29) is 19.8 Å². The zero-order valence-electron chi connectivity index (χ0n) is 10.5. The van der Waals surface area contributed by atoms with Crippen LogP contribution in [0.4, 0.5) is 13.2 Å². The second-order valence-corrected chi connectivity index (χ2v) is 4.59. The first-order chi connectivity index (χ1) is 9.41. The van der Waals surface area contributed by atoms with E-state index in [2.05, 4.69) is 0 Å². The zero-order valence-corrected chi connectivity index (χ0v) is 10.5. The van der Waals surface area contributed by atoms with Gasteiger partial charge in [-0.2, -0.15) is 13.2 Å². The van der Waals surface area contributed by atoms with Gasteiger partial charge in [0.2, 0.25) is 0 Å². The molecule has 0 saturated carbocycles. The molecule has 2 rings (SSSR count). The number of ether oxygens (including phenoxy) is 2. The van der Waals surface area contributed by atoms with Crippen LogP contribution < -0.4 is 0 Å². The number of hydrogen-bond acceptors (Lipinski definition) is 4. The van der Waals surface area contributed by atoms with Crippen LogP contribution in [-0.4, -0.2) is 41.7 Å². The van der Waals surface area contributed by atoms with Gasteiger partial charge >= 0.3 is 6.18 Å². The molecule has 1 aliphatic rings. The van der Waals surface area contributed by atoms with Crippen LogP contribution in [0.5, 0.6) is 0 Å². The van der Waals surface area contributed by atoms with Gasteiger partial charge in [-0.25, -0.2) is 0 Å². The van der Waals surface area contributed by atoms with Crippen molar-refractivity contribution < 1.29 is 32.9 Å².